The van der Waals surface area contributed by atoms with Gasteiger partial charge in [0.25, 0.3) is 11.8 Å². The van der Waals surface area contributed by atoms with Gasteiger partial charge in [-0.2, -0.15) is 13.2 Å². The van der Waals surface area contributed by atoms with E-state index in [-0.39, 0.29) is 44.9 Å². The lowest BCUT2D eigenvalue weighted by atomic mass is 9.95. The minimum atomic E-state index is -5.08. The van der Waals surface area contributed by atoms with Crippen LogP contribution >= 0.6 is 0 Å². The van der Waals surface area contributed by atoms with Crippen LogP contribution in [-0.4, -0.2) is 56.4 Å². The lowest BCUT2D eigenvalue weighted by Crippen LogP contribution is -2.21. The lowest BCUT2D eigenvalue weighted by Gasteiger charge is -2.16. The Kier molecular flexibility index (Phi) is 10.9. The number of halogens is 3. The summed E-state index contributed by atoms with van der Waals surface area (Å²) in [6.45, 7) is 1.96. The predicted octanol–water partition coefficient (Wildman–Crippen LogP) is 5.00. The number of primary amides is 1. The number of carbonyl (C=O) groups is 3. The van der Waals surface area contributed by atoms with Crippen molar-refractivity contribution in [3.8, 4) is 22.6 Å². The molecule has 1 aliphatic rings. The molecule has 47 heavy (non-hydrogen) atoms. The van der Waals surface area contributed by atoms with Gasteiger partial charge in [0.1, 0.15) is 5.58 Å². The predicted molar refractivity (Wildman–Crippen MR) is 167 cm³/mol. The molecule has 3 aromatic carbocycles. The van der Waals surface area contributed by atoms with E-state index in [1.165, 1.54) is 39.2 Å². The third-order valence-electron chi connectivity index (χ3n) is 7.23. The molecule has 4 aromatic rings. The quantitative estimate of drug-likeness (QED) is 0.162. The number of aliphatic carboxylic acids is 1. The Bertz CT molecular complexity index is 1830. The monoisotopic (exact) mass is 655 g/mol. The molecule has 248 valence electrons. The molecule has 0 unspecified atom stereocenters. The fourth-order valence-electron chi connectivity index (χ4n) is 4.65. The molecule has 1 fully saturated rings. The number of ether oxygens (including phenoxy) is 2. The van der Waals surface area contributed by atoms with Gasteiger partial charge in [-0.05, 0) is 80.2 Å². The fourth-order valence-corrected chi connectivity index (χ4v) is 4.65. The standard InChI is InChI=1S/C31H31N3O6.C2HF3O2/c1-38-25-15-22(27-28(35)21-5-3-4-6-24(21)40-29(27)30(32)36)23(16-26(25)39-2)31(37)34-20-11-9-18(10-12-20)13-14-33-17-19-7-8-19;3-2(4,5)1(6)7/h3-6,9-12,15-16,19,33H,7-8,13-14,17H2,1-2H3,(H2,32,36)(H,34,37);(H,6,7). The number of amides is 2. The Morgan fingerprint density at radius 1 is 1.00 bits per heavy atom. The number of hydrogen-bond donors (Lipinski definition) is 4. The fraction of sp³-hybridized carbons (Fsp3) is 0.273. The number of carboxylic acids is 1. The van der Waals surface area contributed by atoms with Crippen molar-refractivity contribution in [3.63, 3.8) is 0 Å². The van der Waals surface area contributed by atoms with Crippen LogP contribution in [-0.2, 0) is 11.2 Å². The summed E-state index contributed by atoms with van der Waals surface area (Å²) in [5.41, 5.74) is 7.13. The van der Waals surface area contributed by atoms with Gasteiger partial charge in [-0.3, -0.25) is 14.4 Å². The van der Waals surface area contributed by atoms with E-state index in [4.69, 9.17) is 29.5 Å². The molecule has 5 rings (SSSR count). The summed E-state index contributed by atoms with van der Waals surface area (Å²) in [5.74, 6) is -3.21. The first kappa shape index (κ1) is 34.5. The maximum absolute atomic E-state index is 13.7. The number of carbonyl (C=O) groups excluding carboxylic acids is 2. The number of nitrogens with one attached hydrogen (secondary N) is 2. The molecule has 1 aromatic heterocycles. The van der Waals surface area contributed by atoms with Gasteiger partial charge < -0.3 is 35.4 Å². The van der Waals surface area contributed by atoms with Crippen molar-refractivity contribution in [1.29, 1.82) is 0 Å². The molecule has 0 bridgehead atoms. The number of anilines is 1. The molecule has 0 saturated heterocycles. The summed E-state index contributed by atoms with van der Waals surface area (Å²) in [4.78, 5) is 48.6. The minimum Gasteiger partial charge on any atom is -0.493 e. The summed E-state index contributed by atoms with van der Waals surface area (Å²) in [6.07, 6.45) is -1.56. The van der Waals surface area contributed by atoms with Crippen LogP contribution in [0.2, 0.25) is 0 Å². The number of fused-ring (bicyclic) bond motifs is 1. The van der Waals surface area contributed by atoms with E-state index in [9.17, 15) is 27.6 Å². The number of carboxylic acid groups (broad SMARTS) is 1. The van der Waals surface area contributed by atoms with Crippen LogP contribution in [0.25, 0.3) is 22.1 Å². The van der Waals surface area contributed by atoms with Crippen LogP contribution in [0.5, 0.6) is 11.5 Å². The Balaban J connectivity index is 0.000000644. The van der Waals surface area contributed by atoms with E-state index in [2.05, 4.69) is 10.6 Å². The van der Waals surface area contributed by atoms with Gasteiger partial charge >= 0.3 is 12.1 Å². The molecule has 1 aliphatic carbocycles. The lowest BCUT2D eigenvalue weighted by molar-refractivity contribution is -0.192. The van der Waals surface area contributed by atoms with Gasteiger partial charge in [-0.15, -0.1) is 0 Å². The second kappa shape index (κ2) is 14.8. The number of hydrogen-bond acceptors (Lipinski definition) is 8. The number of methoxy groups -OCH3 is 2. The van der Waals surface area contributed by atoms with E-state index in [1.807, 2.05) is 24.3 Å². The van der Waals surface area contributed by atoms with Crippen LogP contribution in [0, 0.1) is 5.92 Å². The molecule has 1 saturated carbocycles. The van der Waals surface area contributed by atoms with Gasteiger partial charge in [0, 0.05) is 11.3 Å². The third-order valence-corrected chi connectivity index (χ3v) is 7.23. The molecular formula is C33H32F3N3O8. The summed E-state index contributed by atoms with van der Waals surface area (Å²) in [7, 11) is 2.87. The smallest absolute Gasteiger partial charge is 0.490 e. The van der Waals surface area contributed by atoms with Crippen molar-refractivity contribution >= 4 is 34.4 Å². The van der Waals surface area contributed by atoms with E-state index in [1.54, 1.807) is 24.3 Å². The van der Waals surface area contributed by atoms with Crippen molar-refractivity contribution in [3.05, 3.63) is 87.8 Å². The molecular weight excluding hydrogens is 623 g/mol. The highest BCUT2D eigenvalue weighted by Gasteiger charge is 2.38. The highest BCUT2D eigenvalue weighted by molar-refractivity contribution is 6.11. The molecule has 2 amide bonds. The highest BCUT2D eigenvalue weighted by atomic mass is 19.4. The largest absolute Gasteiger partial charge is 0.493 e. The van der Waals surface area contributed by atoms with Crippen LogP contribution in [0.3, 0.4) is 0 Å². The van der Waals surface area contributed by atoms with Crippen LogP contribution in [0.4, 0.5) is 18.9 Å². The van der Waals surface area contributed by atoms with Gasteiger partial charge in [-0.1, -0.05) is 24.3 Å². The molecule has 5 N–H and O–H groups in total. The molecule has 0 aliphatic heterocycles. The first-order valence-corrected chi connectivity index (χ1v) is 14.4. The molecule has 0 radical (unpaired) electrons. The van der Waals surface area contributed by atoms with Crippen LogP contribution in [0.15, 0.2) is 69.9 Å². The van der Waals surface area contributed by atoms with Gasteiger partial charge in [0.15, 0.2) is 11.5 Å². The highest BCUT2D eigenvalue weighted by Crippen LogP contribution is 2.37. The van der Waals surface area contributed by atoms with E-state index in [0.29, 0.717) is 5.69 Å². The van der Waals surface area contributed by atoms with Gasteiger partial charge in [0.2, 0.25) is 11.2 Å². The molecule has 0 spiro atoms. The molecule has 11 nitrogen and oxygen atoms in total. The summed E-state index contributed by atoms with van der Waals surface area (Å²) in [6, 6.07) is 17.0. The second-order valence-electron chi connectivity index (χ2n) is 10.6. The van der Waals surface area contributed by atoms with Crippen molar-refractivity contribution in [1.82, 2.24) is 5.32 Å². The van der Waals surface area contributed by atoms with Crippen molar-refractivity contribution < 1.29 is 46.6 Å². The number of nitrogens with two attached hydrogens (primary N) is 1. The normalized spacial score (nSPS) is 12.5. The average molecular weight is 656 g/mol. The summed E-state index contributed by atoms with van der Waals surface area (Å²) >= 11 is 0. The average Bonchev–Trinajstić information content (AvgIpc) is 3.87. The maximum atomic E-state index is 13.7. The van der Waals surface area contributed by atoms with Crippen molar-refractivity contribution in [2.75, 3.05) is 32.6 Å². The van der Waals surface area contributed by atoms with Gasteiger partial charge in [0.05, 0.1) is 30.7 Å². The summed E-state index contributed by atoms with van der Waals surface area (Å²) in [5, 5.41) is 13.7. The second-order valence-corrected chi connectivity index (χ2v) is 10.6. The zero-order valence-corrected chi connectivity index (χ0v) is 25.4. The van der Waals surface area contributed by atoms with Gasteiger partial charge in [-0.25, -0.2) is 4.79 Å². The molecule has 1 heterocycles. The molecule has 14 heteroatoms. The Morgan fingerprint density at radius 2 is 1.62 bits per heavy atom. The van der Waals surface area contributed by atoms with Crippen molar-refractivity contribution in [2.24, 2.45) is 11.7 Å². The first-order chi connectivity index (χ1) is 22.3. The first-order valence-electron chi connectivity index (χ1n) is 14.4. The number of benzene rings is 3. The van der Waals surface area contributed by atoms with Crippen LogP contribution < -0.4 is 31.3 Å². The Labute approximate surface area is 266 Å². The molecule has 0 atom stereocenters. The zero-order chi connectivity index (χ0) is 34.3. The summed E-state index contributed by atoms with van der Waals surface area (Å²) < 4.78 is 48.4. The Hall–Kier alpha value is -5.37. The van der Waals surface area contributed by atoms with Crippen molar-refractivity contribution in [2.45, 2.75) is 25.4 Å². The van der Waals surface area contributed by atoms with E-state index in [0.717, 1.165) is 31.0 Å². The third kappa shape index (κ3) is 8.67. The number of alkyl halides is 3. The maximum Gasteiger partial charge on any atom is 0.490 e. The van der Waals surface area contributed by atoms with E-state index >= 15 is 0 Å². The number of para-hydroxylation sites is 1. The SMILES string of the molecule is COc1cc(C(=O)Nc2ccc(CCNCC3CC3)cc2)c(-c2c(C(N)=O)oc3ccccc3c2=O)cc1OC.O=C(O)C(F)(F)F. The van der Waals surface area contributed by atoms with Crippen LogP contribution in [0.1, 0.15) is 39.3 Å². The zero-order valence-electron chi connectivity index (χ0n) is 25.4. The Morgan fingerprint density at radius 3 is 2.19 bits per heavy atom. The minimum absolute atomic E-state index is 0.0797. The topological polar surface area (TPSA) is 170 Å². The van der Waals surface area contributed by atoms with E-state index < -0.39 is 29.4 Å². The number of rotatable bonds is 11.